The van der Waals surface area contributed by atoms with Crippen molar-refractivity contribution in [2.24, 2.45) is 0 Å². The van der Waals surface area contributed by atoms with E-state index >= 15 is 0 Å². The minimum atomic E-state index is 0.743. The van der Waals surface area contributed by atoms with Crippen molar-refractivity contribution in [3.8, 4) is 0 Å². The van der Waals surface area contributed by atoms with E-state index in [2.05, 4.69) is 52.6 Å². The number of benzene rings is 1. The Morgan fingerprint density at radius 2 is 1.74 bits per heavy atom. The van der Waals surface area contributed by atoms with Crippen molar-refractivity contribution in [2.75, 3.05) is 30.9 Å². The van der Waals surface area contributed by atoms with Crippen molar-refractivity contribution in [2.45, 2.75) is 33.1 Å². The molecule has 0 amide bonds. The van der Waals surface area contributed by atoms with Gasteiger partial charge in [-0.3, -0.25) is 0 Å². The first kappa shape index (κ1) is 17.2. The van der Waals surface area contributed by atoms with Crippen molar-refractivity contribution >= 4 is 17.3 Å². The molecule has 5 nitrogen and oxygen atoms in total. The molecule has 0 fully saturated rings. The molecular formula is C18H26N4O. The number of aryl methyl sites for hydroxylation is 2. The molecule has 2 rings (SSSR count). The number of methoxy groups -OCH3 is 1. The maximum absolute atomic E-state index is 5.05. The summed E-state index contributed by atoms with van der Waals surface area (Å²) < 4.78 is 5.05. The van der Waals surface area contributed by atoms with E-state index in [0.29, 0.717) is 0 Å². The van der Waals surface area contributed by atoms with Gasteiger partial charge in [-0.15, -0.1) is 0 Å². The lowest BCUT2D eigenvalue weighted by Gasteiger charge is -2.15. The average Bonchev–Trinajstić information content (AvgIpc) is 2.59. The quantitative estimate of drug-likeness (QED) is 0.690. The highest BCUT2D eigenvalue weighted by molar-refractivity contribution is 5.66. The second-order valence-corrected chi connectivity index (χ2v) is 5.34. The molecule has 124 valence electrons. The molecular weight excluding hydrogens is 288 g/mol. The van der Waals surface area contributed by atoms with Crippen LogP contribution in [0, 0.1) is 0 Å². The maximum atomic E-state index is 5.05. The van der Waals surface area contributed by atoms with Crippen molar-refractivity contribution in [1.82, 2.24) is 9.97 Å². The first-order valence-electron chi connectivity index (χ1n) is 8.21. The van der Waals surface area contributed by atoms with Crippen LogP contribution in [-0.4, -0.2) is 30.2 Å². The van der Waals surface area contributed by atoms with E-state index in [-0.39, 0.29) is 0 Å². The lowest BCUT2D eigenvalue weighted by atomic mass is 10.0. The summed E-state index contributed by atoms with van der Waals surface area (Å²) in [7, 11) is 1.71. The smallest absolute Gasteiger partial charge is 0.135 e. The normalized spacial score (nSPS) is 10.6. The largest absolute Gasteiger partial charge is 0.385 e. The van der Waals surface area contributed by atoms with Gasteiger partial charge in [-0.2, -0.15) is 0 Å². The molecule has 0 unspecified atom stereocenters. The van der Waals surface area contributed by atoms with Gasteiger partial charge in [0.05, 0.1) is 0 Å². The Kier molecular flexibility index (Phi) is 6.81. The Morgan fingerprint density at radius 1 is 1.04 bits per heavy atom. The molecule has 2 N–H and O–H groups in total. The third-order valence-electron chi connectivity index (χ3n) is 3.75. The first-order chi connectivity index (χ1) is 11.3. The van der Waals surface area contributed by atoms with Crippen LogP contribution in [0.4, 0.5) is 17.3 Å². The fourth-order valence-electron chi connectivity index (χ4n) is 2.49. The minimum Gasteiger partial charge on any atom is -0.385 e. The summed E-state index contributed by atoms with van der Waals surface area (Å²) in [4.78, 5) is 8.60. The van der Waals surface area contributed by atoms with Gasteiger partial charge in [0.15, 0.2) is 0 Å². The number of ether oxygens (including phenoxy) is 1. The highest BCUT2D eigenvalue weighted by Gasteiger charge is 2.07. The summed E-state index contributed by atoms with van der Waals surface area (Å²) in [6.45, 7) is 5.91. The van der Waals surface area contributed by atoms with E-state index in [4.69, 9.17) is 4.74 Å². The average molecular weight is 314 g/mol. The zero-order chi connectivity index (χ0) is 16.5. The second-order valence-electron chi connectivity index (χ2n) is 5.34. The van der Waals surface area contributed by atoms with Crippen LogP contribution in [-0.2, 0) is 17.6 Å². The van der Waals surface area contributed by atoms with Gasteiger partial charge in [-0.25, -0.2) is 9.97 Å². The van der Waals surface area contributed by atoms with Crippen LogP contribution in [0.15, 0.2) is 30.6 Å². The number of hydrogen-bond donors (Lipinski definition) is 2. The SMILES string of the molecule is CCc1cccc(CC)c1Nc1cc(NCCCOC)ncn1. The van der Waals surface area contributed by atoms with Crippen LogP contribution in [0.1, 0.15) is 31.4 Å². The van der Waals surface area contributed by atoms with Crippen LogP contribution in [0.2, 0.25) is 0 Å². The van der Waals surface area contributed by atoms with Crippen molar-refractivity contribution in [3.63, 3.8) is 0 Å². The van der Waals surface area contributed by atoms with Gasteiger partial charge in [-0.05, 0) is 30.4 Å². The van der Waals surface area contributed by atoms with Crippen molar-refractivity contribution < 1.29 is 4.74 Å². The van der Waals surface area contributed by atoms with Crippen LogP contribution < -0.4 is 10.6 Å². The Morgan fingerprint density at radius 3 is 2.39 bits per heavy atom. The number of rotatable bonds is 9. The van der Waals surface area contributed by atoms with Gasteiger partial charge in [0.25, 0.3) is 0 Å². The molecule has 0 radical (unpaired) electrons. The van der Waals surface area contributed by atoms with E-state index in [1.807, 2.05) is 6.07 Å². The van der Waals surface area contributed by atoms with Gasteiger partial charge in [0.2, 0.25) is 0 Å². The molecule has 0 aliphatic heterocycles. The Hall–Kier alpha value is -2.14. The summed E-state index contributed by atoms with van der Waals surface area (Å²) in [5.74, 6) is 1.63. The number of hydrogen-bond acceptors (Lipinski definition) is 5. The molecule has 0 aliphatic rings. The van der Waals surface area contributed by atoms with Gasteiger partial charge in [0, 0.05) is 32.0 Å². The van der Waals surface area contributed by atoms with Crippen LogP contribution in [0.25, 0.3) is 0 Å². The summed E-state index contributed by atoms with van der Waals surface area (Å²) in [6, 6.07) is 8.38. The third-order valence-corrected chi connectivity index (χ3v) is 3.75. The lowest BCUT2D eigenvalue weighted by molar-refractivity contribution is 0.198. The predicted molar refractivity (Wildman–Crippen MR) is 95.5 cm³/mol. The van der Waals surface area contributed by atoms with Crippen LogP contribution in [0.5, 0.6) is 0 Å². The van der Waals surface area contributed by atoms with E-state index in [1.54, 1.807) is 13.4 Å². The molecule has 5 heteroatoms. The number of aromatic nitrogens is 2. The zero-order valence-electron chi connectivity index (χ0n) is 14.2. The standard InChI is InChI=1S/C18H26N4O/c1-4-14-8-6-9-15(5-2)18(14)22-17-12-16(20-13-21-17)19-10-7-11-23-3/h6,8-9,12-13H,4-5,7,10-11H2,1-3H3,(H2,19,20,21,22). The van der Waals surface area contributed by atoms with E-state index in [1.165, 1.54) is 16.8 Å². The molecule has 0 aliphatic carbocycles. The maximum Gasteiger partial charge on any atom is 0.135 e. The van der Waals surface area contributed by atoms with Crippen molar-refractivity contribution in [3.05, 3.63) is 41.7 Å². The summed E-state index contributed by atoms with van der Waals surface area (Å²) >= 11 is 0. The number of para-hydroxylation sites is 1. The third kappa shape index (κ3) is 4.93. The lowest BCUT2D eigenvalue weighted by Crippen LogP contribution is -2.07. The van der Waals surface area contributed by atoms with E-state index in [0.717, 1.165) is 44.0 Å². The zero-order valence-corrected chi connectivity index (χ0v) is 14.2. The second kappa shape index (κ2) is 9.10. The minimum absolute atomic E-state index is 0.743. The number of nitrogens with one attached hydrogen (secondary N) is 2. The number of anilines is 3. The van der Waals surface area contributed by atoms with Crippen LogP contribution in [0.3, 0.4) is 0 Å². The molecule has 1 heterocycles. The molecule has 1 aromatic carbocycles. The first-order valence-corrected chi connectivity index (χ1v) is 8.21. The Labute approximate surface area is 138 Å². The van der Waals surface area contributed by atoms with Crippen molar-refractivity contribution in [1.29, 1.82) is 0 Å². The Balaban J connectivity index is 2.11. The molecule has 0 bridgehead atoms. The molecule has 0 saturated carbocycles. The van der Waals surface area contributed by atoms with Gasteiger partial charge in [0.1, 0.15) is 18.0 Å². The number of nitrogens with zero attached hydrogens (tertiary/aromatic N) is 2. The fraction of sp³-hybridized carbons (Fsp3) is 0.444. The summed E-state index contributed by atoms with van der Waals surface area (Å²) in [5, 5.41) is 6.76. The molecule has 1 aromatic heterocycles. The Bertz CT molecular complexity index is 593. The predicted octanol–water partition coefficient (Wildman–Crippen LogP) is 3.79. The topological polar surface area (TPSA) is 59.1 Å². The van der Waals surface area contributed by atoms with Crippen LogP contribution >= 0.6 is 0 Å². The van der Waals surface area contributed by atoms with Gasteiger partial charge in [-0.1, -0.05) is 32.0 Å². The van der Waals surface area contributed by atoms with E-state index in [9.17, 15) is 0 Å². The highest BCUT2D eigenvalue weighted by atomic mass is 16.5. The monoisotopic (exact) mass is 314 g/mol. The summed E-state index contributed by atoms with van der Waals surface area (Å²) in [6.07, 6.45) is 4.51. The van der Waals surface area contributed by atoms with Gasteiger partial charge >= 0.3 is 0 Å². The van der Waals surface area contributed by atoms with Gasteiger partial charge < -0.3 is 15.4 Å². The molecule has 0 atom stereocenters. The fourth-order valence-corrected chi connectivity index (χ4v) is 2.49. The summed E-state index contributed by atoms with van der Waals surface area (Å²) in [5.41, 5.74) is 3.77. The molecule has 0 saturated heterocycles. The van der Waals surface area contributed by atoms with E-state index < -0.39 is 0 Å². The molecule has 0 spiro atoms. The molecule has 2 aromatic rings. The molecule has 23 heavy (non-hydrogen) atoms. The highest BCUT2D eigenvalue weighted by Crippen LogP contribution is 2.26.